The van der Waals surface area contributed by atoms with E-state index in [0.29, 0.717) is 12.8 Å². The summed E-state index contributed by atoms with van der Waals surface area (Å²) in [5, 5.41) is 8.37. The predicted molar refractivity (Wildman–Crippen MR) is 63.7 cm³/mol. The van der Waals surface area contributed by atoms with Gasteiger partial charge in [-0.1, -0.05) is 30.3 Å². The second-order valence-corrected chi connectivity index (χ2v) is 3.78. The number of hydrogen-bond acceptors (Lipinski definition) is 1. The summed E-state index contributed by atoms with van der Waals surface area (Å²) in [6.45, 7) is -3.10. The van der Waals surface area contributed by atoms with Crippen LogP contribution in [0.3, 0.4) is 0 Å². The summed E-state index contributed by atoms with van der Waals surface area (Å²) in [7, 11) is 0. The summed E-state index contributed by atoms with van der Waals surface area (Å²) in [5.74, 6) is 0. The molecule has 1 aromatic rings. The highest BCUT2D eigenvalue weighted by atomic mass is 19.4. The Morgan fingerprint density at radius 1 is 1.29 bits per heavy atom. The normalized spacial score (nSPS) is 12.3. The van der Waals surface area contributed by atoms with Gasteiger partial charge < -0.3 is 12.9 Å². The molecule has 0 N–H and O–H groups in total. The van der Waals surface area contributed by atoms with Gasteiger partial charge in [0.05, 0.1) is 6.07 Å². The highest BCUT2D eigenvalue weighted by Crippen LogP contribution is 2.16. The molecular formula is C12H12BF3N-. The maximum atomic E-state index is 12.4. The van der Waals surface area contributed by atoms with Gasteiger partial charge in [-0.3, -0.25) is 0 Å². The van der Waals surface area contributed by atoms with Crippen LogP contribution in [0.25, 0.3) is 5.57 Å². The van der Waals surface area contributed by atoms with Crippen molar-refractivity contribution in [1.29, 1.82) is 5.26 Å². The molecule has 0 aromatic heterocycles. The summed E-state index contributed by atoms with van der Waals surface area (Å²) in [6, 6.07) is 7.12. The Kier molecular flexibility index (Phi) is 4.39. The van der Waals surface area contributed by atoms with E-state index in [1.165, 1.54) is 12.1 Å². The molecule has 90 valence electrons. The average molecular weight is 238 g/mol. The van der Waals surface area contributed by atoms with Crippen LogP contribution in [0.2, 0.25) is 0 Å². The molecule has 1 rings (SSSR count). The third-order valence-electron chi connectivity index (χ3n) is 2.45. The summed E-state index contributed by atoms with van der Waals surface area (Å²) in [6.07, 6.45) is 2.89. The quantitative estimate of drug-likeness (QED) is 0.582. The van der Waals surface area contributed by atoms with Crippen molar-refractivity contribution < 1.29 is 12.9 Å². The minimum Gasteiger partial charge on any atom is -0.445 e. The number of benzene rings is 1. The first kappa shape index (κ1) is 13.4. The Bertz CT molecular complexity index is 440. The minimum absolute atomic E-state index is 0.418. The molecule has 0 bridgehead atoms. The zero-order valence-electron chi connectivity index (χ0n) is 9.46. The standard InChI is InChI=1S/C12H12BF3N/c1-10(4-2-3-9-17)11-5-7-12(8-6-11)13(14,15)16/h4-8H,2-3H2,1H3/q-1/b10-4-. The number of halogens is 3. The van der Waals surface area contributed by atoms with E-state index in [1.807, 2.05) is 19.1 Å². The van der Waals surface area contributed by atoms with Crippen molar-refractivity contribution in [2.75, 3.05) is 0 Å². The number of nitrogens with zero attached hydrogens (tertiary/aromatic N) is 1. The van der Waals surface area contributed by atoms with Crippen molar-refractivity contribution in [3.63, 3.8) is 0 Å². The molecule has 0 aliphatic heterocycles. The average Bonchev–Trinajstić information content (AvgIpc) is 2.28. The number of rotatable bonds is 4. The second-order valence-electron chi connectivity index (χ2n) is 3.78. The van der Waals surface area contributed by atoms with E-state index in [2.05, 4.69) is 0 Å². The van der Waals surface area contributed by atoms with Gasteiger partial charge in [0, 0.05) is 6.42 Å². The molecule has 0 radical (unpaired) electrons. The maximum absolute atomic E-state index is 12.4. The molecule has 0 spiro atoms. The van der Waals surface area contributed by atoms with Gasteiger partial charge in [-0.2, -0.15) is 5.26 Å². The predicted octanol–water partition coefficient (Wildman–Crippen LogP) is 3.45. The SMILES string of the molecule is C/C(=C/CCC#N)c1ccc([B-](F)(F)F)cc1. The Labute approximate surface area is 98.6 Å². The fraction of sp³-hybridized carbons (Fsp3) is 0.250. The van der Waals surface area contributed by atoms with Crippen LogP contribution in [0.1, 0.15) is 25.3 Å². The van der Waals surface area contributed by atoms with E-state index >= 15 is 0 Å². The summed E-state index contributed by atoms with van der Waals surface area (Å²) in [4.78, 5) is 0. The third kappa shape index (κ3) is 3.99. The van der Waals surface area contributed by atoms with Gasteiger partial charge in [0.2, 0.25) is 0 Å². The molecule has 0 saturated heterocycles. The van der Waals surface area contributed by atoms with Crippen molar-refractivity contribution in [3.05, 3.63) is 35.9 Å². The highest BCUT2D eigenvalue weighted by molar-refractivity contribution is 6.73. The molecule has 0 saturated carbocycles. The van der Waals surface area contributed by atoms with Crippen LogP contribution in [0.4, 0.5) is 12.9 Å². The van der Waals surface area contributed by atoms with Gasteiger partial charge in [-0.15, -0.1) is 5.46 Å². The molecule has 0 unspecified atom stereocenters. The summed E-state index contributed by atoms with van der Waals surface area (Å²) in [5.41, 5.74) is 1.06. The van der Waals surface area contributed by atoms with E-state index in [-0.39, 0.29) is 0 Å². The Morgan fingerprint density at radius 3 is 2.35 bits per heavy atom. The molecule has 0 aliphatic carbocycles. The van der Waals surface area contributed by atoms with E-state index in [4.69, 9.17) is 5.26 Å². The van der Waals surface area contributed by atoms with Gasteiger partial charge >= 0.3 is 6.98 Å². The zero-order valence-corrected chi connectivity index (χ0v) is 9.46. The lowest BCUT2D eigenvalue weighted by atomic mass is 9.79. The first-order valence-electron chi connectivity index (χ1n) is 5.29. The third-order valence-corrected chi connectivity index (χ3v) is 2.45. The smallest absolute Gasteiger partial charge is 0.445 e. The van der Waals surface area contributed by atoms with Gasteiger partial charge in [-0.05, 0) is 24.5 Å². The van der Waals surface area contributed by atoms with Crippen LogP contribution in [0.15, 0.2) is 30.3 Å². The van der Waals surface area contributed by atoms with Crippen molar-refractivity contribution in [1.82, 2.24) is 0 Å². The Morgan fingerprint density at radius 2 is 1.88 bits per heavy atom. The lowest BCUT2D eigenvalue weighted by Crippen LogP contribution is -2.33. The number of unbranched alkanes of at least 4 members (excludes halogenated alkanes) is 1. The molecule has 1 aromatic carbocycles. The van der Waals surface area contributed by atoms with Crippen LogP contribution in [-0.4, -0.2) is 6.98 Å². The molecule has 0 fully saturated rings. The van der Waals surface area contributed by atoms with Crippen LogP contribution in [-0.2, 0) is 0 Å². The van der Waals surface area contributed by atoms with Gasteiger partial charge in [0.15, 0.2) is 0 Å². The van der Waals surface area contributed by atoms with Crippen molar-refractivity contribution in [2.45, 2.75) is 19.8 Å². The fourth-order valence-corrected chi connectivity index (χ4v) is 1.44. The number of allylic oxidation sites excluding steroid dienone is 2. The molecule has 0 amide bonds. The van der Waals surface area contributed by atoms with Crippen LogP contribution in [0.5, 0.6) is 0 Å². The zero-order chi connectivity index (χ0) is 12.9. The van der Waals surface area contributed by atoms with E-state index in [9.17, 15) is 12.9 Å². The van der Waals surface area contributed by atoms with Gasteiger partial charge in [0.25, 0.3) is 0 Å². The lowest BCUT2D eigenvalue weighted by Gasteiger charge is -2.15. The molecule has 0 aliphatic rings. The fourth-order valence-electron chi connectivity index (χ4n) is 1.44. The molecule has 5 heteroatoms. The molecule has 0 atom stereocenters. The summed E-state index contributed by atoms with van der Waals surface area (Å²) >= 11 is 0. The van der Waals surface area contributed by atoms with Gasteiger partial charge in [-0.25, -0.2) is 0 Å². The van der Waals surface area contributed by atoms with Crippen molar-refractivity contribution in [3.8, 4) is 6.07 Å². The molecule has 1 nitrogen and oxygen atoms in total. The van der Waals surface area contributed by atoms with Crippen molar-refractivity contribution >= 4 is 18.0 Å². The van der Waals surface area contributed by atoms with Crippen LogP contribution < -0.4 is 5.46 Å². The Balaban J connectivity index is 2.81. The van der Waals surface area contributed by atoms with Crippen LogP contribution in [0, 0.1) is 11.3 Å². The molecular weight excluding hydrogens is 226 g/mol. The molecule has 17 heavy (non-hydrogen) atoms. The first-order chi connectivity index (χ1) is 7.95. The largest absolute Gasteiger partial charge is 0.509 e. The highest BCUT2D eigenvalue weighted by Gasteiger charge is 2.24. The monoisotopic (exact) mass is 238 g/mol. The van der Waals surface area contributed by atoms with Crippen LogP contribution >= 0.6 is 0 Å². The topological polar surface area (TPSA) is 23.8 Å². The van der Waals surface area contributed by atoms with E-state index in [1.54, 1.807) is 0 Å². The lowest BCUT2D eigenvalue weighted by molar-refractivity contribution is 0.501. The number of nitriles is 1. The molecule has 0 heterocycles. The van der Waals surface area contributed by atoms with Gasteiger partial charge in [0.1, 0.15) is 0 Å². The first-order valence-corrected chi connectivity index (χ1v) is 5.29. The minimum atomic E-state index is -4.92. The maximum Gasteiger partial charge on any atom is 0.509 e. The van der Waals surface area contributed by atoms with E-state index in [0.717, 1.165) is 23.3 Å². The second kappa shape index (κ2) is 5.58. The summed E-state index contributed by atoms with van der Waals surface area (Å²) < 4.78 is 37.1. The van der Waals surface area contributed by atoms with E-state index < -0.39 is 12.4 Å². The number of hydrogen-bond donors (Lipinski definition) is 0. The Hall–Kier alpha value is -1.70. The van der Waals surface area contributed by atoms with Crippen molar-refractivity contribution in [2.24, 2.45) is 0 Å².